The van der Waals surface area contributed by atoms with Gasteiger partial charge in [-0.3, -0.25) is 0 Å². The number of morpholine rings is 1. The van der Waals surface area contributed by atoms with E-state index in [1.165, 1.54) is 16.1 Å². The predicted molar refractivity (Wildman–Crippen MR) is 126 cm³/mol. The Morgan fingerprint density at radius 3 is 2.45 bits per heavy atom. The Morgan fingerprint density at radius 2 is 1.81 bits per heavy atom. The third-order valence-electron chi connectivity index (χ3n) is 5.15. The molecule has 2 aromatic carbocycles. The number of hydrogen-bond donors (Lipinski definition) is 0. The van der Waals surface area contributed by atoms with Crippen LogP contribution < -0.4 is 0 Å². The molecule has 0 aromatic heterocycles. The van der Waals surface area contributed by atoms with Gasteiger partial charge in [-0.15, -0.1) is 4.40 Å². The number of thioether (sulfide) groups is 1. The quantitative estimate of drug-likeness (QED) is 0.497. The number of benzene rings is 2. The number of hydrogen-bond acceptors (Lipinski definition) is 5. The molecule has 31 heavy (non-hydrogen) atoms. The summed E-state index contributed by atoms with van der Waals surface area (Å²) in [5, 5.41) is 7.47. The van der Waals surface area contributed by atoms with Gasteiger partial charge in [0.1, 0.15) is 0 Å². The summed E-state index contributed by atoms with van der Waals surface area (Å²) in [5.74, 6) is -0.0224. The van der Waals surface area contributed by atoms with E-state index >= 15 is 0 Å². The third-order valence-corrected chi connectivity index (χ3v) is 7.61. The number of nitrogens with zero attached hydrogens (tertiary/aromatic N) is 4. The van der Waals surface area contributed by atoms with Gasteiger partial charge in [-0.1, -0.05) is 65.8 Å². The summed E-state index contributed by atoms with van der Waals surface area (Å²) in [4.78, 5) is 0. The van der Waals surface area contributed by atoms with Crippen LogP contribution in [-0.2, 0) is 14.9 Å². The number of ether oxygens (including phenoxy) is 1. The topological polar surface area (TPSA) is 74.6 Å². The summed E-state index contributed by atoms with van der Waals surface area (Å²) < 4.78 is 36.4. The van der Waals surface area contributed by atoms with Crippen LogP contribution in [0.25, 0.3) is 0 Å². The number of rotatable bonds is 4. The van der Waals surface area contributed by atoms with Crippen LogP contribution in [0.5, 0.6) is 0 Å². The molecule has 1 fully saturated rings. The molecule has 1 atom stereocenters. The Bertz CT molecular complexity index is 1070. The molecule has 0 saturated carbocycles. The summed E-state index contributed by atoms with van der Waals surface area (Å²) in [6.07, 6.45) is 1.81. The van der Waals surface area contributed by atoms with Gasteiger partial charge in [-0.2, -0.15) is 17.8 Å². The number of hydrazone groups is 1. The third kappa shape index (κ3) is 5.12. The first kappa shape index (κ1) is 22.3. The lowest BCUT2D eigenvalue weighted by atomic mass is 9.91. The maximum absolute atomic E-state index is 12.8. The second-order valence-electron chi connectivity index (χ2n) is 7.10. The van der Waals surface area contributed by atoms with Crippen molar-refractivity contribution in [1.82, 2.24) is 9.31 Å². The molecular weight excluding hydrogens is 456 g/mol. The smallest absolute Gasteiger partial charge is 0.324 e. The van der Waals surface area contributed by atoms with Crippen LogP contribution in [0.15, 0.2) is 64.1 Å². The average Bonchev–Trinajstić information content (AvgIpc) is 3.24. The van der Waals surface area contributed by atoms with Crippen molar-refractivity contribution >= 4 is 44.5 Å². The molecule has 0 N–H and O–H groups in total. The first-order valence-corrected chi connectivity index (χ1v) is 12.9. The van der Waals surface area contributed by atoms with E-state index in [1.54, 1.807) is 11.3 Å². The second-order valence-corrected chi connectivity index (χ2v) is 9.91. The lowest BCUT2D eigenvalue weighted by molar-refractivity contribution is 0.0730. The molecule has 2 aromatic rings. The largest absolute Gasteiger partial charge is 0.379 e. The van der Waals surface area contributed by atoms with E-state index in [0.29, 0.717) is 43.0 Å². The minimum atomic E-state index is -3.81. The molecule has 7 nitrogen and oxygen atoms in total. The van der Waals surface area contributed by atoms with Gasteiger partial charge in [0.2, 0.25) is 0 Å². The van der Waals surface area contributed by atoms with Crippen molar-refractivity contribution in [3.05, 3.63) is 70.7 Å². The molecule has 4 rings (SSSR count). The summed E-state index contributed by atoms with van der Waals surface area (Å²) in [6, 6.07) is 17.6. The molecule has 1 saturated heterocycles. The Morgan fingerprint density at radius 1 is 1.13 bits per heavy atom. The summed E-state index contributed by atoms with van der Waals surface area (Å²) >= 11 is 7.33. The highest BCUT2D eigenvalue weighted by molar-refractivity contribution is 8.13. The molecule has 164 valence electrons. The van der Waals surface area contributed by atoms with Gasteiger partial charge in [0.05, 0.1) is 25.5 Å². The SMILES string of the molecule is CSC(=NS(=O)(=O)N1CCOCC1)N1CC(c2ccccc2)C(c2ccc(Cl)cc2)=N1. The van der Waals surface area contributed by atoms with E-state index < -0.39 is 10.2 Å². The monoisotopic (exact) mass is 478 g/mol. The van der Waals surface area contributed by atoms with Gasteiger partial charge < -0.3 is 4.74 Å². The molecular formula is C21H23ClN4O3S2. The van der Waals surface area contributed by atoms with Gasteiger partial charge in [0.15, 0.2) is 5.17 Å². The molecule has 0 amide bonds. The van der Waals surface area contributed by atoms with Crippen LogP contribution in [0.1, 0.15) is 17.0 Å². The zero-order valence-corrected chi connectivity index (χ0v) is 19.4. The highest BCUT2D eigenvalue weighted by Gasteiger charge is 2.33. The van der Waals surface area contributed by atoms with Crippen molar-refractivity contribution in [2.45, 2.75) is 5.92 Å². The molecule has 0 radical (unpaired) electrons. The average molecular weight is 479 g/mol. The zero-order valence-electron chi connectivity index (χ0n) is 17.0. The maximum Gasteiger partial charge on any atom is 0.324 e. The Balaban J connectivity index is 1.69. The Hall–Kier alpha value is -1.91. The van der Waals surface area contributed by atoms with E-state index in [9.17, 15) is 8.42 Å². The van der Waals surface area contributed by atoms with E-state index in [2.05, 4.69) is 16.5 Å². The molecule has 0 spiro atoms. The molecule has 2 aliphatic heterocycles. The fraction of sp³-hybridized carbons (Fsp3) is 0.333. The summed E-state index contributed by atoms with van der Waals surface area (Å²) in [7, 11) is -3.81. The second kappa shape index (κ2) is 9.70. The van der Waals surface area contributed by atoms with E-state index in [4.69, 9.17) is 21.4 Å². The zero-order chi connectivity index (χ0) is 21.8. The van der Waals surface area contributed by atoms with Crippen molar-refractivity contribution in [2.75, 3.05) is 39.1 Å². The Labute approximate surface area is 191 Å². The molecule has 2 aliphatic rings. The van der Waals surface area contributed by atoms with E-state index in [-0.39, 0.29) is 5.92 Å². The van der Waals surface area contributed by atoms with Crippen LogP contribution in [0.2, 0.25) is 5.02 Å². The fourth-order valence-electron chi connectivity index (χ4n) is 3.57. The van der Waals surface area contributed by atoms with Crippen LogP contribution in [0.3, 0.4) is 0 Å². The van der Waals surface area contributed by atoms with Gasteiger partial charge >= 0.3 is 10.2 Å². The fourth-order valence-corrected chi connectivity index (χ4v) is 5.62. The minimum absolute atomic E-state index is 0.0224. The van der Waals surface area contributed by atoms with Crippen molar-refractivity contribution < 1.29 is 13.2 Å². The van der Waals surface area contributed by atoms with Crippen molar-refractivity contribution in [3.63, 3.8) is 0 Å². The lowest BCUT2D eigenvalue weighted by Gasteiger charge is -2.24. The minimum Gasteiger partial charge on any atom is -0.379 e. The molecule has 2 heterocycles. The van der Waals surface area contributed by atoms with Gasteiger partial charge in [-0.25, -0.2) is 5.01 Å². The van der Waals surface area contributed by atoms with Gasteiger partial charge in [0.25, 0.3) is 0 Å². The Kier molecular flexibility index (Phi) is 6.98. The summed E-state index contributed by atoms with van der Waals surface area (Å²) in [5.41, 5.74) is 2.90. The highest BCUT2D eigenvalue weighted by Crippen LogP contribution is 2.31. The summed E-state index contributed by atoms with van der Waals surface area (Å²) in [6.45, 7) is 1.86. The van der Waals surface area contributed by atoms with Crippen molar-refractivity contribution in [1.29, 1.82) is 0 Å². The van der Waals surface area contributed by atoms with E-state index in [1.807, 2.05) is 42.5 Å². The number of halogens is 1. The van der Waals surface area contributed by atoms with Crippen molar-refractivity contribution in [2.24, 2.45) is 9.50 Å². The lowest BCUT2D eigenvalue weighted by Crippen LogP contribution is -2.40. The van der Waals surface area contributed by atoms with E-state index in [0.717, 1.165) is 16.8 Å². The first-order chi connectivity index (χ1) is 15.0. The van der Waals surface area contributed by atoms with Crippen LogP contribution in [0.4, 0.5) is 0 Å². The first-order valence-electron chi connectivity index (χ1n) is 9.86. The molecule has 0 bridgehead atoms. The standard InChI is InChI=1S/C21H23ClN4O3S2/c1-30-21(24-31(27,28)25-11-13-29-14-12-25)26-15-19(16-5-3-2-4-6-16)20(23-26)17-7-9-18(22)10-8-17/h2-10,19H,11-15H2,1H3. The van der Waals surface area contributed by atoms with Crippen LogP contribution in [0, 0.1) is 0 Å². The maximum atomic E-state index is 12.8. The highest BCUT2D eigenvalue weighted by atomic mass is 35.5. The molecule has 10 heteroatoms. The van der Waals surface area contributed by atoms with Gasteiger partial charge in [-0.05, 0) is 29.5 Å². The predicted octanol–water partition coefficient (Wildman–Crippen LogP) is 3.44. The molecule has 0 aliphatic carbocycles. The van der Waals surface area contributed by atoms with Crippen LogP contribution >= 0.6 is 23.4 Å². The molecule has 1 unspecified atom stereocenters. The van der Waals surface area contributed by atoms with Crippen molar-refractivity contribution in [3.8, 4) is 0 Å². The normalized spacial score (nSPS) is 20.7. The number of amidine groups is 1. The van der Waals surface area contributed by atoms with Gasteiger partial charge in [0, 0.05) is 24.0 Å². The van der Waals surface area contributed by atoms with Crippen LogP contribution in [-0.4, -0.2) is 67.7 Å².